The van der Waals surface area contributed by atoms with Crippen molar-refractivity contribution >= 4 is 11.6 Å². The molecule has 1 aromatic carbocycles. The van der Waals surface area contributed by atoms with Crippen molar-refractivity contribution in [2.45, 2.75) is 45.1 Å². The molecule has 0 radical (unpaired) electrons. The van der Waals surface area contributed by atoms with E-state index < -0.39 is 17.2 Å². The first-order valence-electron chi connectivity index (χ1n) is 9.18. The summed E-state index contributed by atoms with van der Waals surface area (Å²) in [5.41, 5.74) is 5.67. The monoisotopic (exact) mass is 372 g/mol. The Morgan fingerprint density at radius 3 is 2.93 bits per heavy atom. The number of hydrogen-bond donors (Lipinski definition) is 4. The Morgan fingerprint density at radius 1 is 1.33 bits per heavy atom. The van der Waals surface area contributed by atoms with Crippen LogP contribution in [0.2, 0.25) is 0 Å². The summed E-state index contributed by atoms with van der Waals surface area (Å²) in [5, 5.41) is 2.88. The molecule has 5 N–H and O–H groups in total. The van der Waals surface area contributed by atoms with Crippen molar-refractivity contribution in [3.63, 3.8) is 0 Å². The number of nitrogens with one attached hydrogen (secondary N) is 3. The van der Waals surface area contributed by atoms with Crippen LogP contribution >= 0.6 is 0 Å². The van der Waals surface area contributed by atoms with E-state index >= 15 is 0 Å². The number of carbonyl (C=O) groups is 1. The fourth-order valence-corrected chi connectivity index (χ4v) is 3.33. The van der Waals surface area contributed by atoms with Gasteiger partial charge in [-0.3, -0.25) is 14.6 Å². The van der Waals surface area contributed by atoms with E-state index in [2.05, 4.69) is 17.2 Å². The van der Waals surface area contributed by atoms with Crippen molar-refractivity contribution in [2.24, 2.45) is 0 Å². The molecule has 2 aromatic rings. The summed E-state index contributed by atoms with van der Waals surface area (Å²) in [7, 11) is 0. The van der Waals surface area contributed by atoms with Gasteiger partial charge in [0.25, 0.3) is 11.5 Å². The van der Waals surface area contributed by atoms with E-state index in [-0.39, 0.29) is 17.4 Å². The largest absolute Gasteiger partial charge is 0.493 e. The van der Waals surface area contributed by atoms with E-state index in [9.17, 15) is 14.4 Å². The van der Waals surface area contributed by atoms with Crippen LogP contribution in [0.3, 0.4) is 0 Å². The second-order valence-electron chi connectivity index (χ2n) is 6.64. The molecule has 144 valence electrons. The summed E-state index contributed by atoms with van der Waals surface area (Å²) in [6, 6.07) is 5.59. The molecule has 1 atom stereocenters. The second-order valence-corrected chi connectivity index (χ2v) is 6.64. The SMILES string of the molecule is CCCCOc1cccc2c1CCC[C@H]2NC(=O)c1[nH]c(=O)[nH]c(=O)c1N. The van der Waals surface area contributed by atoms with Gasteiger partial charge in [-0.05, 0) is 42.9 Å². The lowest BCUT2D eigenvalue weighted by Gasteiger charge is -2.28. The summed E-state index contributed by atoms with van der Waals surface area (Å²) in [5.74, 6) is 0.273. The highest BCUT2D eigenvalue weighted by Crippen LogP contribution is 2.35. The van der Waals surface area contributed by atoms with Crippen LogP contribution in [0.4, 0.5) is 5.69 Å². The van der Waals surface area contributed by atoms with Crippen molar-refractivity contribution in [3.05, 3.63) is 55.9 Å². The van der Waals surface area contributed by atoms with Crippen LogP contribution < -0.4 is 27.0 Å². The Hall–Kier alpha value is -3.03. The fourth-order valence-electron chi connectivity index (χ4n) is 3.33. The molecule has 0 aliphatic heterocycles. The predicted octanol–water partition coefficient (Wildman–Crippen LogP) is 1.63. The van der Waals surface area contributed by atoms with Gasteiger partial charge in [0.05, 0.1) is 12.6 Å². The molecule has 1 aliphatic rings. The zero-order chi connectivity index (χ0) is 19.4. The number of carbonyl (C=O) groups excluding carboxylic acids is 1. The van der Waals surface area contributed by atoms with Crippen molar-refractivity contribution < 1.29 is 9.53 Å². The van der Waals surface area contributed by atoms with Gasteiger partial charge in [-0.15, -0.1) is 0 Å². The average Bonchev–Trinajstić information content (AvgIpc) is 2.65. The zero-order valence-electron chi connectivity index (χ0n) is 15.3. The summed E-state index contributed by atoms with van der Waals surface area (Å²) in [6.07, 6.45) is 4.58. The third-order valence-corrected chi connectivity index (χ3v) is 4.73. The molecule has 0 bridgehead atoms. The van der Waals surface area contributed by atoms with Gasteiger partial charge >= 0.3 is 5.69 Å². The number of benzene rings is 1. The van der Waals surface area contributed by atoms with Crippen LogP contribution in [0.5, 0.6) is 5.75 Å². The van der Waals surface area contributed by atoms with E-state index in [1.165, 1.54) is 0 Å². The molecule has 8 nitrogen and oxygen atoms in total. The number of fused-ring (bicyclic) bond motifs is 1. The third-order valence-electron chi connectivity index (χ3n) is 4.73. The number of ether oxygens (including phenoxy) is 1. The highest BCUT2D eigenvalue weighted by atomic mass is 16.5. The number of anilines is 1. The van der Waals surface area contributed by atoms with Gasteiger partial charge in [0.1, 0.15) is 17.1 Å². The molecular formula is C19H24N4O4. The van der Waals surface area contributed by atoms with E-state index in [0.29, 0.717) is 6.61 Å². The number of amides is 1. The lowest BCUT2D eigenvalue weighted by atomic mass is 9.87. The predicted molar refractivity (Wildman–Crippen MR) is 102 cm³/mol. The quantitative estimate of drug-likeness (QED) is 0.573. The second kappa shape index (κ2) is 8.11. The normalized spacial score (nSPS) is 15.8. The van der Waals surface area contributed by atoms with Crippen LogP contribution in [0, 0.1) is 0 Å². The number of aromatic nitrogens is 2. The van der Waals surface area contributed by atoms with E-state index in [1.807, 2.05) is 23.2 Å². The topological polar surface area (TPSA) is 130 Å². The molecule has 27 heavy (non-hydrogen) atoms. The molecule has 0 fully saturated rings. The number of nitrogens with two attached hydrogens (primary N) is 1. The van der Waals surface area contributed by atoms with Crippen molar-refractivity contribution in [2.75, 3.05) is 12.3 Å². The lowest BCUT2D eigenvalue weighted by molar-refractivity contribution is 0.0928. The molecule has 0 unspecified atom stereocenters. The highest BCUT2D eigenvalue weighted by molar-refractivity contribution is 5.97. The Morgan fingerprint density at radius 2 is 2.15 bits per heavy atom. The summed E-state index contributed by atoms with van der Waals surface area (Å²) in [4.78, 5) is 40.0. The van der Waals surface area contributed by atoms with Crippen LogP contribution in [-0.2, 0) is 6.42 Å². The standard InChI is InChI=1S/C19H24N4O4/c1-2-3-10-27-14-9-5-6-11-12(14)7-4-8-13(11)21-18(25)16-15(20)17(24)23-19(26)22-16/h5-6,9,13H,2-4,7-8,10,20H2,1H3,(H,21,25)(H2,22,23,24,26)/t13-/m1/s1. The maximum absolute atomic E-state index is 12.6. The molecule has 1 aromatic heterocycles. The molecule has 3 rings (SSSR count). The first kappa shape index (κ1) is 18.8. The minimum absolute atomic E-state index is 0.216. The smallest absolute Gasteiger partial charge is 0.326 e. The summed E-state index contributed by atoms with van der Waals surface area (Å²) < 4.78 is 5.91. The first-order chi connectivity index (χ1) is 13.0. The number of H-pyrrole nitrogens is 2. The molecule has 0 saturated carbocycles. The zero-order valence-corrected chi connectivity index (χ0v) is 15.3. The molecule has 0 spiro atoms. The van der Waals surface area contributed by atoms with Gasteiger partial charge < -0.3 is 20.8 Å². The fraction of sp³-hybridized carbons (Fsp3) is 0.421. The Bertz CT molecular complexity index is 947. The molecule has 1 aliphatic carbocycles. The van der Waals surface area contributed by atoms with Gasteiger partial charge in [0.2, 0.25) is 0 Å². The van der Waals surface area contributed by atoms with Gasteiger partial charge in [-0.1, -0.05) is 25.5 Å². The Labute approximate surface area is 156 Å². The average molecular weight is 372 g/mol. The first-order valence-corrected chi connectivity index (χ1v) is 9.18. The van der Waals surface area contributed by atoms with E-state index in [4.69, 9.17) is 10.5 Å². The van der Waals surface area contributed by atoms with Crippen LogP contribution in [0.25, 0.3) is 0 Å². The number of rotatable bonds is 6. The van der Waals surface area contributed by atoms with Gasteiger partial charge in [0.15, 0.2) is 0 Å². The lowest BCUT2D eigenvalue weighted by Crippen LogP contribution is -2.36. The minimum Gasteiger partial charge on any atom is -0.493 e. The molecule has 8 heteroatoms. The van der Waals surface area contributed by atoms with Crippen molar-refractivity contribution in [3.8, 4) is 5.75 Å². The molecular weight excluding hydrogens is 348 g/mol. The van der Waals surface area contributed by atoms with Crippen LogP contribution in [-0.4, -0.2) is 22.5 Å². The van der Waals surface area contributed by atoms with Crippen molar-refractivity contribution in [1.82, 2.24) is 15.3 Å². The van der Waals surface area contributed by atoms with Crippen molar-refractivity contribution in [1.29, 1.82) is 0 Å². The van der Waals surface area contributed by atoms with E-state index in [0.717, 1.165) is 49.0 Å². The Balaban J connectivity index is 1.84. The van der Waals surface area contributed by atoms with Gasteiger partial charge in [0, 0.05) is 0 Å². The number of nitrogen functional groups attached to an aromatic ring is 1. The maximum Gasteiger partial charge on any atom is 0.326 e. The Kier molecular flexibility index (Phi) is 5.63. The summed E-state index contributed by atoms with van der Waals surface area (Å²) >= 11 is 0. The highest BCUT2D eigenvalue weighted by Gasteiger charge is 2.26. The number of hydrogen-bond acceptors (Lipinski definition) is 5. The molecule has 0 saturated heterocycles. The van der Waals surface area contributed by atoms with Crippen LogP contribution in [0.15, 0.2) is 27.8 Å². The maximum atomic E-state index is 12.6. The minimum atomic E-state index is -0.778. The third kappa shape index (κ3) is 4.05. The van der Waals surface area contributed by atoms with Crippen LogP contribution in [0.1, 0.15) is 60.3 Å². The number of unbranched alkanes of at least 4 members (excludes halogenated alkanes) is 1. The molecule has 1 amide bonds. The molecule has 1 heterocycles. The number of aromatic amines is 2. The van der Waals surface area contributed by atoms with Gasteiger partial charge in [-0.25, -0.2) is 4.79 Å². The van der Waals surface area contributed by atoms with Gasteiger partial charge in [-0.2, -0.15) is 0 Å². The summed E-state index contributed by atoms with van der Waals surface area (Å²) in [6.45, 7) is 2.77. The van der Waals surface area contributed by atoms with E-state index in [1.54, 1.807) is 0 Å².